The molecule has 1 unspecified atom stereocenters. The Morgan fingerprint density at radius 3 is 2.42 bits per heavy atom. The zero-order chi connectivity index (χ0) is 27.8. The van der Waals surface area contributed by atoms with Gasteiger partial charge in [0.2, 0.25) is 0 Å². The number of anilines is 1. The minimum absolute atomic E-state index is 0.103. The van der Waals surface area contributed by atoms with E-state index < -0.39 is 0 Å². The van der Waals surface area contributed by atoms with E-state index in [2.05, 4.69) is 94.4 Å². The number of hydrogen-bond donors (Lipinski definition) is 1. The van der Waals surface area contributed by atoms with Gasteiger partial charge in [-0.05, 0) is 84.1 Å². The number of pyridine rings is 1. The highest BCUT2D eigenvalue weighted by Crippen LogP contribution is 2.31. The molecule has 5 aromatic rings. The number of aromatic nitrogens is 5. The van der Waals surface area contributed by atoms with Gasteiger partial charge in [-0.25, -0.2) is 4.68 Å². The monoisotopic (exact) mass is 533 g/mol. The second-order valence-corrected chi connectivity index (χ2v) is 10.9. The zero-order valence-corrected chi connectivity index (χ0v) is 23.6. The number of rotatable bonds is 6. The number of hydrogen-bond acceptors (Lipinski definition) is 6. The molecule has 1 atom stereocenters. The molecule has 1 fully saturated rings. The Labute approximate surface area is 234 Å². The molecule has 3 aromatic carbocycles. The van der Waals surface area contributed by atoms with Gasteiger partial charge in [0.05, 0.1) is 6.54 Å². The van der Waals surface area contributed by atoms with E-state index in [-0.39, 0.29) is 11.6 Å². The predicted octanol–water partition coefficient (Wildman–Crippen LogP) is 4.71. The summed E-state index contributed by atoms with van der Waals surface area (Å²) in [6.45, 7) is 12.3. The van der Waals surface area contributed by atoms with E-state index in [0.717, 1.165) is 53.8 Å². The third-order valence-electron chi connectivity index (χ3n) is 8.21. The molecular weight excluding hydrogens is 498 g/mol. The molecule has 0 radical (unpaired) electrons. The molecule has 0 bridgehead atoms. The predicted molar refractivity (Wildman–Crippen MR) is 159 cm³/mol. The molecule has 204 valence electrons. The quantitative estimate of drug-likeness (QED) is 0.341. The molecule has 1 aliphatic heterocycles. The average molecular weight is 534 g/mol. The summed E-state index contributed by atoms with van der Waals surface area (Å²) >= 11 is 0. The third-order valence-corrected chi connectivity index (χ3v) is 8.21. The van der Waals surface area contributed by atoms with Crippen molar-refractivity contribution >= 4 is 16.6 Å². The fourth-order valence-corrected chi connectivity index (χ4v) is 5.97. The number of fused-ring (bicyclic) bond motifs is 1. The Kier molecular flexibility index (Phi) is 6.94. The van der Waals surface area contributed by atoms with Crippen LogP contribution in [0.3, 0.4) is 0 Å². The van der Waals surface area contributed by atoms with Crippen molar-refractivity contribution in [2.45, 2.75) is 40.3 Å². The second kappa shape index (κ2) is 10.7. The van der Waals surface area contributed by atoms with E-state index in [1.165, 1.54) is 16.8 Å². The molecule has 0 aliphatic carbocycles. The standard InChI is InChI=1S/C32H35N7O/c1-21-17-23(3)26-19-27(32(40)33-28(26)18-21)30(31-34-35-36-39(31)20-25-10-6-5-7-11-25)38-15-13-37(14-16-38)29-12-8-9-22(2)24(29)4/h5-12,17-19,30H,13-16,20H2,1-4H3,(H,33,40). The lowest BCUT2D eigenvalue weighted by molar-refractivity contribution is 0.200. The van der Waals surface area contributed by atoms with E-state index in [0.29, 0.717) is 17.9 Å². The number of aromatic amines is 1. The van der Waals surface area contributed by atoms with Crippen LogP contribution in [0.25, 0.3) is 10.9 Å². The first-order valence-electron chi connectivity index (χ1n) is 13.9. The second-order valence-electron chi connectivity index (χ2n) is 10.9. The van der Waals surface area contributed by atoms with Crippen LogP contribution in [-0.2, 0) is 6.54 Å². The van der Waals surface area contributed by atoms with Crippen LogP contribution < -0.4 is 10.5 Å². The molecule has 2 aromatic heterocycles. The molecule has 8 heteroatoms. The van der Waals surface area contributed by atoms with Gasteiger partial charge in [0.15, 0.2) is 5.82 Å². The summed E-state index contributed by atoms with van der Waals surface area (Å²) in [5.74, 6) is 0.679. The van der Waals surface area contributed by atoms with E-state index >= 15 is 0 Å². The van der Waals surface area contributed by atoms with Crippen molar-refractivity contribution in [2.24, 2.45) is 0 Å². The van der Waals surface area contributed by atoms with Crippen LogP contribution in [-0.4, -0.2) is 56.3 Å². The molecule has 0 spiro atoms. The molecule has 3 heterocycles. The Hall–Kier alpha value is -4.30. The first-order chi connectivity index (χ1) is 19.4. The molecule has 40 heavy (non-hydrogen) atoms. The Morgan fingerprint density at radius 1 is 0.875 bits per heavy atom. The van der Waals surface area contributed by atoms with E-state index in [9.17, 15) is 4.79 Å². The molecule has 0 amide bonds. The van der Waals surface area contributed by atoms with Gasteiger partial charge in [-0.1, -0.05) is 48.5 Å². The SMILES string of the molecule is Cc1cc(C)c2cc(C(c3nnnn3Cc3ccccc3)N3CCN(c4cccc(C)c4C)CC3)c(=O)[nH]c2c1. The molecule has 1 saturated heterocycles. The van der Waals surface area contributed by atoms with Gasteiger partial charge in [-0.2, -0.15) is 0 Å². The van der Waals surface area contributed by atoms with Crippen LogP contribution in [0.4, 0.5) is 5.69 Å². The van der Waals surface area contributed by atoms with Gasteiger partial charge < -0.3 is 9.88 Å². The first kappa shape index (κ1) is 26.0. The summed E-state index contributed by atoms with van der Waals surface area (Å²) in [6, 6.07) is 22.5. The molecule has 1 N–H and O–H groups in total. The Morgan fingerprint density at radius 2 is 1.65 bits per heavy atom. The van der Waals surface area contributed by atoms with Gasteiger partial charge in [0, 0.05) is 48.3 Å². The van der Waals surface area contributed by atoms with Crippen LogP contribution in [0.5, 0.6) is 0 Å². The van der Waals surface area contributed by atoms with Crippen molar-refractivity contribution in [3.05, 3.63) is 116 Å². The lowest BCUT2D eigenvalue weighted by Crippen LogP contribution is -2.49. The maximum absolute atomic E-state index is 13.7. The van der Waals surface area contributed by atoms with Gasteiger partial charge in [0.25, 0.3) is 5.56 Å². The largest absolute Gasteiger partial charge is 0.369 e. The lowest BCUT2D eigenvalue weighted by Gasteiger charge is -2.40. The van der Waals surface area contributed by atoms with Crippen LogP contribution in [0, 0.1) is 27.7 Å². The normalized spacial score (nSPS) is 15.1. The molecule has 8 nitrogen and oxygen atoms in total. The van der Waals surface area contributed by atoms with Crippen molar-refractivity contribution in [3.63, 3.8) is 0 Å². The maximum Gasteiger partial charge on any atom is 0.253 e. The summed E-state index contributed by atoms with van der Waals surface area (Å²) in [5.41, 5.74) is 8.68. The number of piperazine rings is 1. The van der Waals surface area contributed by atoms with Crippen molar-refractivity contribution in [3.8, 4) is 0 Å². The van der Waals surface area contributed by atoms with Crippen molar-refractivity contribution in [2.75, 3.05) is 31.1 Å². The summed E-state index contributed by atoms with van der Waals surface area (Å²) in [6.07, 6.45) is 0. The summed E-state index contributed by atoms with van der Waals surface area (Å²) in [4.78, 5) is 21.7. The van der Waals surface area contributed by atoms with E-state index in [1.807, 2.05) is 35.0 Å². The van der Waals surface area contributed by atoms with E-state index in [4.69, 9.17) is 0 Å². The third kappa shape index (κ3) is 4.91. The maximum atomic E-state index is 13.7. The minimum Gasteiger partial charge on any atom is -0.369 e. The van der Waals surface area contributed by atoms with Crippen molar-refractivity contribution in [1.29, 1.82) is 0 Å². The minimum atomic E-state index is -0.381. The fourth-order valence-electron chi connectivity index (χ4n) is 5.97. The lowest BCUT2D eigenvalue weighted by atomic mass is 9.99. The van der Waals surface area contributed by atoms with Crippen LogP contribution in [0.15, 0.2) is 71.5 Å². The van der Waals surface area contributed by atoms with E-state index in [1.54, 1.807) is 0 Å². The number of tetrazole rings is 1. The van der Waals surface area contributed by atoms with Crippen LogP contribution in [0.1, 0.15) is 45.2 Å². The number of aryl methyl sites for hydroxylation is 3. The Balaban J connectivity index is 1.41. The topological polar surface area (TPSA) is 82.9 Å². The van der Waals surface area contributed by atoms with Gasteiger partial charge in [0.1, 0.15) is 6.04 Å². The summed E-state index contributed by atoms with van der Waals surface area (Å²) in [7, 11) is 0. The van der Waals surface area contributed by atoms with Crippen LogP contribution >= 0.6 is 0 Å². The van der Waals surface area contributed by atoms with Gasteiger partial charge in [-0.3, -0.25) is 9.69 Å². The average Bonchev–Trinajstić information content (AvgIpc) is 3.39. The molecule has 6 rings (SSSR count). The molecular formula is C32H35N7O. The molecule has 1 aliphatic rings. The number of benzene rings is 3. The Bertz CT molecular complexity index is 1720. The summed E-state index contributed by atoms with van der Waals surface area (Å²) in [5, 5.41) is 14.0. The van der Waals surface area contributed by atoms with Crippen LogP contribution in [0.2, 0.25) is 0 Å². The molecule has 0 saturated carbocycles. The van der Waals surface area contributed by atoms with Crippen molar-refractivity contribution in [1.82, 2.24) is 30.1 Å². The number of H-pyrrole nitrogens is 1. The van der Waals surface area contributed by atoms with Gasteiger partial charge in [-0.15, -0.1) is 5.10 Å². The first-order valence-corrected chi connectivity index (χ1v) is 13.9. The highest BCUT2D eigenvalue weighted by molar-refractivity contribution is 5.83. The smallest absolute Gasteiger partial charge is 0.253 e. The zero-order valence-electron chi connectivity index (χ0n) is 23.6. The fraction of sp³-hybridized carbons (Fsp3) is 0.312. The summed E-state index contributed by atoms with van der Waals surface area (Å²) < 4.78 is 1.84. The highest BCUT2D eigenvalue weighted by Gasteiger charge is 2.33. The highest BCUT2D eigenvalue weighted by atomic mass is 16.1. The number of nitrogens with one attached hydrogen (secondary N) is 1. The van der Waals surface area contributed by atoms with Crippen molar-refractivity contribution < 1.29 is 0 Å². The van der Waals surface area contributed by atoms with Gasteiger partial charge >= 0.3 is 0 Å². The number of nitrogens with zero attached hydrogens (tertiary/aromatic N) is 6.